The summed E-state index contributed by atoms with van der Waals surface area (Å²) in [5.74, 6) is 0. The van der Waals surface area contributed by atoms with E-state index >= 15 is 0 Å². The van der Waals surface area contributed by atoms with Crippen molar-refractivity contribution in [3.8, 4) is 0 Å². The largest absolute Gasteiger partial charge is 2.00 e. The average Bonchev–Trinajstić information content (AvgIpc) is 2.57. The van der Waals surface area contributed by atoms with Crippen LogP contribution in [0.1, 0.15) is 0 Å². The molecule has 0 aromatic heterocycles. The molecule has 2 aromatic rings. The second-order valence-electron chi connectivity index (χ2n) is 2.02. The Morgan fingerprint density at radius 1 is 0.917 bits per heavy atom. The van der Waals surface area contributed by atoms with Crippen molar-refractivity contribution < 1.29 is 38.1 Å². The van der Waals surface area contributed by atoms with E-state index in [-0.39, 0.29) is 17.1 Å². The van der Waals surface area contributed by atoms with E-state index in [1.165, 1.54) is 0 Å². The monoisotopic (exact) mass is 292 g/mol. The van der Waals surface area contributed by atoms with Crippen molar-refractivity contribution in [3.63, 3.8) is 0 Å². The molecule has 0 aliphatic carbocycles. The maximum absolute atomic E-state index is 3.30. The molecule has 0 amide bonds. The molecule has 0 heterocycles. The molecule has 2 aromatic carbocycles. The van der Waals surface area contributed by atoms with Gasteiger partial charge in [-0.2, -0.15) is 18.2 Å². The molecular formula is C10H9AgFe. The van der Waals surface area contributed by atoms with Gasteiger partial charge >= 0.3 is 66.2 Å². The summed E-state index contributed by atoms with van der Waals surface area (Å²) in [6, 6.07) is 18.0. The van der Waals surface area contributed by atoms with Crippen LogP contribution in [0, 0.1) is 0 Å². The summed E-state index contributed by atoms with van der Waals surface area (Å²) in [5.41, 5.74) is 0. The summed E-state index contributed by atoms with van der Waals surface area (Å²) in [6.07, 6.45) is 0. The Bertz CT molecular complexity index is 228. The molecule has 0 radical (unpaired) electrons. The Kier molecular flexibility index (Phi) is 7.58. The SMILES string of the molecule is [Ag][c-]1cccc1.[Fe+2].c1cc[cH-]c1. The second kappa shape index (κ2) is 7.60. The molecule has 0 bridgehead atoms. The molecule has 0 aliphatic rings. The van der Waals surface area contributed by atoms with Gasteiger partial charge in [-0.3, -0.25) is 0 Å². The van der Waals surface area contributed by atoms with E-state index in [1.54, 1.807) is 0 Å². The van der Waals surface area contributed by atoms with Crippen LogP contribution in [0.3, 0.4) is 0 Å². The summed E-state index contributed by atoms with van der Waals surface area (Å²) in [4.78, 5) is 0. The van der Waals surface area contributed by atoms with Gasteiger partial charge in [0.15, 0.2) is 0 Å². The number of hydrogen-bond donors (Lipinski definition) is 0. The summed E-state index contributed by atoms with van der Waals surface area (Å²) < 4.78 is 1.15. The van der Waals surface area contributed by atoms with Gasteiger partial charge in [0.1, 0.15) is 0 Å². The third-order valence-corrected chi connectivity index (χ3v) is 1.65. The van der Waals surface area contributed by atoms with E-state index in [2.05, 4.69) is 21.1 Å². The third-order valence-electron chi connectivity index (χ3n) is 1.15. The van der Waals surface area contributed by atoms with Gasteiger partial charge in [0.05, 0.1) is 0 Å². The predicted octanol–water partition coefficient (Wildman–Crippen LogP) is 1.98. The quantitative estimate of drug-likeness (QED) is 0.515. The van der Waals surface area contributed by atoms with Crippen LogP contribution in [-0.4, -0.2) is 0 Å². The summed E-state index contributed by atoms with van der Waals surface area (Å²) >= 11 is 3.30. The Balaban J connectivity index is 0.000000189. The first kappa shape index (κ1) is 12.0. The molecule has 0 nitrogen and oxygen atoms in total. The van der Waals surface area contributed by atoms with E-state index in [4.69, 9.17) is 0 Å². The van der Waals surface area contributed by atoms with Crippen molar-refractivity contribution in [1.82, 2.24) is 0 Å². The molecule has 0 aliphatic heterocycles. The molecule has 0 unspecified atom stereocenters. The van der Waals surface area contributed by atoms with Gasteiger partial charge in [0.2, 0.25) is 0 Å². The normalized spacial score (nSPS) is 7.83. The van der Waals surface area contributed by atoms with Crippen LogP contribution < -0.4 is 3.78 Å². The standard InChI is InChI=1S/C5H5.C5H4.Ag.Fe/c2*1-2-4-5-3-1;;/h1-5H;1-4H;;/q2*-1;;+2. The van der Waals surface area contributed by atoms with E-state index in [0.29, 0.717) is 0 Å². The van der Waals surface area contributed by atoms with Crippen LogP contribution in [0.4, 0.5) is 0 Å². The molecule has 2 heteroatoms. The average molecular weight is 293 g/mol. The van der Waals surface area contributed by atoms with E-state index < -0.39 is 0 Å². The molecule has 0 N–H and O–H groups in total. The van der Waals surface area contributed by atoms with Crippen LogP contribution in [0.25, 0.3) is 0 Å². The Hall–Kier alpha value is -0.0403. The smallest absolute Gasteiger partial charge is 0.214 e. The fourth-order valence-corrected chi connectivity index (χ4v) is 0.942. The van der Waals surface area contributed by atoms with Crippen molar-refractivity contribution in [2.24, 2.45) is 0 Å². The maximum Gasteiger partial charge on any atom is 2.00 e. The molecule has 0 atom stereocenters. The van der Waals surface area contributed by atoms with Gasteiger partial charge in [-0.15, -0.1) is 0 Å². The van der Waals surface area contributed by atoms with E-state index in [1.807, 2.05) is 54.6 Å². The first-order chi connectivity index (χ1) is 5.39. The van der Waals surface area contributed by atoms with Crippen LogP contribution >= 0.6 is 0 Å². The topological polar surface area (TPSA) is 0 Å². The summed E-state index contributed by atoms with van der Waals surface area (Å²) in [6.45, 7) is 0. The second-order valence-corrected chi connectivity index (χ2v) is 2.88. The first-order valence-electron chi connectivity index (χ1n) is 3.39. The first-order valence-corrected chi connectivity index (χ1v) is 4.14. The minimum atomic E-state index is 0. The fraction of sp³-hybridized carbons (Fsp3) is 0. The van der Waals surface area contributed by atoms with Crippen molar-refractivity contribution in [3.05, 3.63) is 54.6 Å². The number of rotatable bonds is 0. The van der Waals surface area contributed by atoms with Gasteiger partial charge in [-0.25, -0.2) is 12.1 Å². The molecule has 2 rings (SSSR count). The fourth-order valence-electron chi connectivity index (χ4n) is 0.657. The van der Waals surface area contributed by atoms with E-state index in [9.17, 15) is 0 Å². The minimum Gasteiger partial charge on any atom is -0.214 e. The zero-order valence-electron chi connectivity index (χ0n) is 6.35. The van der Waals surface area contributed by atoms with Crippen molar-refractivity contribution in [2.75, 3.05) is 0 Å². The molecule has 12 heavy (non-hydrogen) atoms. The van der Waals surface area contributed by atoms with E-state index in [0.717, 1.165) is 3.78 Å². The third kappa shape index (κ3) is 5.59. The Labute approximate surface area is 96.1 Å². The Morgan fingerprint density at radius 2 is 1.42 bits per heavy atom. The van der Waals surface area contributed by atoms with Crippen molar-refractivity contribution >= 4 is 3.78 Å². The van der Waals surface area contributed by atoms with Crippen LogP contribution in [0.5, 0.6) is 0 Å². The molecular weight excluding hydrogens is 284 g/mol. The van der Waals surface area contributed by atoms with Gasteiger partial charge in [0, 0.05) is 0 Å². The summed E-state index contributed by atoms with van der Waals surface area (Å²) in [7, 11) is 0. The van der Waals surface area contributed by atoms with Crippen LogP contribution in [0.15, 0.2) is 54.6 Å². The number of hydrogen-bond acceptors (Lipinski definition) is 0. The van der Waals surface area contributed by atoms with Crippen molar-refractivity contribution in [1.29, 1.82) is 0 Å². The molecule has 0 saturated heterocycles. The zero-order valence-corrected chi connectivity index (χ0v) is 8.94. The van der Waals surface area contributed by atoms with Crippen molar-refractivity contribution in [2.45, 2.75) is 0 Å². The van der Waals surface area contributed by atoms with Gasteiger partial charge in [-0.05, 0) is 0 Å². The molecule has 0 fully saturated rings. The summed E-state index contributed by atoms with van der Waals surface area (Å²) in [5, 5.41) is 0. The minimum absolute atomic E-state index is 0. The van der Waals surface area contributed by atoms with Crippen LogP contribution in [0.2, 0.25) is 0 Å². The van der Waals surface area contributed by atoms with Gasteiger partial charge in [-0.1, -0.05) is 0 Å². The predicted molar refractivity (Wildman–Crippen MR) is 43.7 cm³/mol. The molecule has 68 valence electrons. The van der Waals surface area contributed by atoms with Gasteiger partial charge in [0.25, 0.3) is 0 Å². The molecule has 0 saturated carbocycles. The van der Waals surface area contributed by atoms with Gasteiger partial charge < -0.3 is 0 Å². The van der Waals surface area contributed by atoms with Crippen LogP contribution in [-0.2, 0) is 38.1 Å². The zero-order chi connectivity index (χ0) is 7.94. The maximum atomic E-state index is 3.30. The molecule has 0 spiro atoms. The Morgan fingerprint density at radius 3 is 1.58 bits per heavy atom.